The number of halogens is 3. The molecule has 0 aliphatic rings. The summed E-state index contributed by atoms with van der Waals surface area (Å²) in [7, 11) is 0. The predicted octanol–water partition coefficient (Wildman–Crippen LogP) is 0.383. The summed E-state index contributed by atoms with van der Waals surface area (Å²) >= 11 is 0. The van der Waals surface area contributed by atoms with E-state index >= 15 is 0 Å². The van der Waals surface area contributed by atoms with Gasteiger partial charge in [0.05, 0.1) is 6.20 Å². The number of hydrogen-bond acceptors (Lipinski definition) is 3. The van der Waals surface area contributed by atoms with E-state index in [9.17, 15) is 18.0 Å². The van der Waals surface area contributed by atoms with E-state index < -0.39 is 30.3 Å². The molecule has 1 heterocycles. The average Bonchev–Trinajstić information content (AvgIpc) is 2.50. The number of carboxylic acid groups (broad SMARTS) is 1. The van der Waals surface area contributed by atoms with Crippen molar-refractivity contribution in [3.8, 4) is 0 Å². The van der Waals surface area contributed by atoms with Gasteiger partial charge in [-0.25, -0.2) is 0 Å². The third-order valence-electron chi connectivity index (χ3n) is 1.76. The fourth-order valence-corrected chi connectivity index (χ4v) is 1.04. The van der Waals surface area contributed by atoms with Crippen molar-refractivity contribution in [3.63, 3.8) is 0 Å². The number of aromatic nitrogens is 2. The molecule has 4 N–H and O–H groups in total. The zero-order chi connectivity index (χ0) is 11.6. The van der Waals surface area contributed by atoms with Crippen LogP contribution in [0, 0.1) is 0 Å². The van der Waals surface area contributed by atoms with Crippen molar-refractivity contribution in [1.29, 1.82) is 0 Å². The lowest BCUT2D eigenvalue weighted by Gasteiger charge is -2.08. The molecule has 0 saturated carbocycles. The lowest BCUT2D eigenvalue weighted by Crippen LogP contribution is -2.32. The third-order valence-corrected chi connectivity index (χ3v) is 1.76. The van der Waals surface area contributed by atoms with E-state index in [4.69, 9.17) is 10.8 Å². The van der Waals surface area contributed by atoms with Gasteiger partial charge in [-0.05, 0) is 0 Å². The molecule has 0 amide bonds. The number of aliphatic carboxylic acids is 1. The van der Waals surface area contributed by atoms with Crippen molar-refractivity contribution < 1.29 is 23.1 Å². The topological polar surface area (TPSA) is 92.0 Å². The minimum Gasteiger partial charge on any atom is -0.480 e. The van der Waals surface area contributed by atoms with Gasteiger partial charge < -0.3 is 10.8 Å². The summed E-state index contributed by atoms with van der Waals surface area (Å²) in [4.78, 5) is 10.3. The molecule has 0 aromatic carbocycles. The lowest BCUT2D eigenvalue weighted by atomic mass is 10.1. The largest absolute Gasteiger partial charge is 0.480 e. The highest BCUT2D eigenvalue weighted by Gasteiger charge is 2.36. The number of hydrogen-bond donors (Lipinski definition) is 3. The van der Waals surface area contributed by atoms with Crippen LogP contribution in [-0.4, -0.2) is 27.3 Å². The number of nitrogens with zero attached hydrogens (tertiary/aromatic N) is 1. The molecular weight excluding hydrogens is 215 g/mol. The smallest absolute Gasteiger partial charge is 0.433 e. The maximum absolute atomic E-state index is 12.3. The molecule has 0 saturated heterocycles. The minimum atomic E-state index is -4.58. The molecule has 15 heavy (non-hydrogen) atoms. The van der Waals surface area contributed by atoms with E-state index in [1.807, 2.05) is 0 Å². The third kappa shape index (κ3) is 2.69. The number of carboxylic acids is 1. The summed E-state index contributed by atoms with van der Waals surface area (Å²) in [6.07, 6.45) is -4.07. The van der Waals surface area contributed by atoms with Gasteiger partial charge in [-0.1, -0.05) is 0 Å². The van der Waals surface area contributed by atoms with E-state index in [0.29, 0.717) is 0 Å². The number of alkyl halides is 3. The maximum atomic E-state index is 12.3. The first-order valence-electron chi connectivity index (χ1n) is 3.90. The van der Waals surface area contributed by atoms with E-state index in [-0.39, 0.29) is 5.56 Å². The fourth-order valence-electron chi connectivity index (χ4n) is 1.04. The quantitative estimate of drug-likeness (QED) is 0.690. The molecule has 0 fully saturated rings. The van der Waals surface area contributed by atoms with Crippen LogP contribution in [0.25, 0.3) is 0 Å². The monoisotopic (exact) mass is 223 g/mol. The Morgan fingerprint density at radius 1 is 1.67 bits per heavy atom. The second-order valence-electron chi connectivity index (χ2n) is 2.92. The Bertz CT molecular complexity index is 361. The molecule has 1 aromatic rings. The lowest BCUT2D eigenvalue weighted by molar-refractivity contribution is -0.143. The first kappa shape index (κ1) is 11.5. The Morgan fingerprint density at radius 2 is 2.27 bits per heavy atom. The number of rotatable bonds is 3. The van der Waals surface area contributed by atoms with Gasteiger partial charge >= 0.3 is 12.1 Å². The molecule has 1 rings (SSSR count). The molecule has 0 spiro atoms. The van der Waals surface area contributed by atoms with Crippen molar-refractivity contribution in [2.24, 2.45) is 5.73 Å². The second kappa shape index (κ2) is 3.89. The van der Waals surface area contributed by atoms with Crippen molar-refractivity contribution in [2.45, 2.75) is 18.6 Å². The summed E-state index contributed by atoms with van der Waals surface area (Å²) in [5, 5.41) is 13.4. The van der Waals surface area contributed by atoms with Crippen LogP contribution in [0.3, 0.4) is 0 Å². The van der Waals surface area contributed by atoms with Gasteiger partial charge in [0.2, 0.25) is 0 Å². The fraction of sp³-hybridized carbons (Fsp3) is 0.429. The van der Waals surface area contributed by atoms with E-state index in [0.717, 1.165) is 6.20 Å². The summed E-state index contributed by atoms with van der Waals surface area (Å²) in [5.41, 5.74) is 3.80. The molecule has 84 valence electrons. The van der Waals surface area contributed by atoms with Gasteiger partial charge in [0, 0.05) is 12.0 Å². The van der Waals surface area contributed by atoms with Crippen molar-refractivity contribution in [1.82, 2.24) is 10.2 Å². The van der Waals surface area contributed by atoms with Crippen LogP contribution in [0.2, 0.25) is 0 Å². The van der Waals surface area contributed by atoms with Gasteiger partial charge in [-0.2, -0.15) is 18.3 Å². The van der Waals surface area contributed by atoms with Crippen molar-refractivity contribution in [2.75, 3.05) is 0 Å². The molecule has 1 aromatic heterocycles. The summed E-state index contributed by atoms with van der Waals surface area (Å²) < 4.78 is 36.8. The van der Waals surface area contributed by atoms with Crippen LogP contribution >= 0.6 is 0 Å². The molecule has 5 nitrogen and oxygen atoms in total. The van der Waals surface area contributed by atoms with E-state index in [1.54, 1.807) is 5.10 Å². The van der Waals surface area contributed by atoms with Gasteiger partial charge in [-0.15, -0.1) is 0 Å². The summed E-state index contributed by atoms with van der Waals surface area (Å²) in [5.74, 6) is -1.36. The molecule has 1 atom stereocenters. The molecule has 0 unspecified atom stereocenters. The maximum Gasteiger partial charge on any atom is 0.433 e. The zero-order valence-electron chi connectivity index (χ0n) is 7.38. The Morgan fingerprint density at radius 3 is 2.73 bits per heavy atom. The summed E-state index contributed by atoms with van der Waals surface area (Å²) in [6, 6.07) is -1.37. The molecule has 0 aliphatic carbocycles. The van der Waals surface area contributed by atoms with Gasteiger partial charge in [0.1, 0.15) is 11.7 Å². The Hall–Kier alpha value is -1.57. The van der Waals surface area contributed by atoms with Gasteiger partial charge in [0.25, 0.3) is 0 Å². The Balaban J connectivity index is 2.87. The van der Waals surface area contributed by atoms with Crippen LogP contribution in [-0.2, 0) is 17.4 Å². The highest BCUT2D eigenvalue weighted by molar-refractivity contribution is 5.73. The van der Waals surface area contributed by atoms with E-state index in [2.05, 4.69) is 5.10 Å². The first-order valence-corrected chi connectivity index (χ1v) is 3.90. The standard InChI is InChI=1S/C7H8F3N3O2/c8-7(9,10)5-3(2-12-13-5)1-4(11)6(14)15/h2,4H,1,11H2,(H,12,13)(H,14,15)/t4-/m0/s1. The normalized spacial score (nSPS) is 13.9. The highest BCUT2D eigenvalue weighted by atomic mass is 19.4. The first-order chi connectivity index (χ1) is 6.82. The molecule has 0 radical (unpaired) electrons. The van der Waals surface area contributed by atoms with Crippen LogP contribution in [0.5, 0.6) is 0 Å². The minimum absolute atomic E-state index is 0.252. The second-order valence-corrected chi connectivity index (χ2v) is 2.92. The number of carbonyl (C=O) groups is 1. The van der Waals surface area contributed by atoms with Gasteiger partial charge in [0.15, 0.2) is 0 Å². The van der Waals surface area contributed by atoms with E-state index in [1.165, 1.54) is 0 Å². The van der Waals surface area contributed by atoms with Crippen LogP contribution in [0.1, 0.15) is 11.3 Å². The molecule has 0 bridgehead atoms. The Labute approximate surface area is 82.1 Å². The molecular formula is C7H8F3N3O2. The van der Waals surface area contributed by atoms with Gasteiger partial charge in [-0.3, -0.25) is 9.89 Å². The molecule has 0 aliphatic heterocycles. The zero-order valence-corrected chi connectivity index (χ0v) is 7.38. The number of aromatic amines is 1. The predicted molar refractivity (Wildman–Crippen MR) is 42.9 cm³/mol. The molecule has 8 heteroatoms. The van der Waals surface area contributed by atoms with Crippen LogP contribution in [0.4, 0.5) is 13.2 Å². The number of H-pyrrole nitrogens is 1. The SMILES string of the molecule is N[C@@H](Cc1cn[nH]c1C(F)(F)F)C(=O)O. The van der Waals surface area contributed by atoms with Crippen LogP contribution in [0.15, 0.2) is 6.20 Å². The van der Waals surface area contributed by atoms with Crippen molar-refractivity contribution in [3.05, 3.63) is 17.5 Å². The van der Waals surface area contributed by atoms with Crippen molar-refractivity contribution >= 4 is 5.97 Å². The number of nitrogens with one attached hydrogen (secondary N) is 1. The number of nitrogens with two attached hydrogens (primary N) is 1. The summed E-state index contributed by atoms with van der Waals surface area (Å²) in [6.45, 7) is 0. The average molecular weight is 223 g/mol. The highest BCUT2D eigenvalue weighted by Crippen LogP contribution is 2.30. The Kier molecular flexibility index (Phi) is 2.98. The van der Waals surface area contributed by atoms with Crippen LogP contribution < -0.4 is 5.73 Å².